The van der Waals surface area contributed by atoms with Gasteiger partial charge >= 0.3 is 0 Å². The Balaban J connectivity index is 2.35. The standard InChI is InChI=1S/C12H21NO3/c1-8-4-3-5-10(9(8)2)13-11(14)6-7-12(15)16/h8-10H,3-7H2,1-2H3,(H,13,14)(H,15,16)/p-1/t8-,9+,10+/m0/s1. The lowest BCUT2D eigenvalue weighted by molar-refractivity contribution is -0.305. The van der Waals surface area contributed by atoms with Crippen LogP contribution in [0.1, 0.15) is 46.0 Å². The van der Waals surface area contributed by atoms with Crippen molar-refractivity contribution < 1.29 is 14.7 Å². The monoisotopic (exact) mass is 226 g/mol. The zero-order valence-electron chi connectivity index (χ0n) is 9.99. The van der Waals surface area contributed by atoms with Gasteiger partial charge in [-0.3, -0.25) is 4.79 Å². The summed E-state index contributed by atoms with van der Waals surface area (Å²) < 4.78 is 0. The quantitative estimate of drug-likeness (QED) is 0.757. The normalized spacial score (nSPS) is 29.8. The predicted octanol–water partition coefficient (Wildman–Crippen LogP) is 0.457. The van der Waals surface area contributed by atoms with Gasteiger partial charge in [0, 0.05) is 18.4 Å². The molecule has 92 valence electrons. The number of nitrogens with one attached hydrogen (secondary N) is 1. The lowest BCUT2D eigenvalue weighted by Gasteiger charge is -2.34. The van der Waals surface area contributed by atoms with Crippen molar-refractivity contribution in [3.63, 3.8) is 0 Å². The molecule has 1 aliphatic carbocycles. The van der Waals surface area contributed by atoms with Crippen LogP contribution in [0.3, 0.4) is 0 Å². The Hall–Kier alpha value is -1.06. The summed E-state index contributed by atoms with van der Waals surface area (Å²) in [5.74, 6) is -0.240. The minimum absolute atomic E-state index is 0.0277. The third-order valence-electron chi connectivity index (χ3n) is 3.61. The van der Waals surface area contributed by atoms with E-state index in [4.69, 9.17) is 0 Å². The molecular formula is C12H20NO3-. The number of carbonyl (C=O) groups is 2. The molecule has 3 atom stereocenters. The van der Waals surface area contributed by atoms with E-state index < -0.39 is 5.97 Å². The second kappa shape index (κ2) is 5.87. The fraction of sp³-hybridized carbons (Fsp3) is 0.833. The van der Waals surface area contributed by atoms with Crippen LogP contribution in [0.5, 0.6) is 0 Å². The molecule has 1 saturated carbocycles. The number of rotatable bonds is 4. The molecule has 0 radical (unpaired) electrons. The van der Waals surface area contributed by atoms with E-state index in [2.05, 4.69) is 19.2 Å². The van der Waals surface area contributed by atoms with Crippen molar-refractivity contribution in [1.82, 2.24) is 5.32 Å². The largest absolute Gasteiger partial charge is 0.550 e. The van der Waals surface area contributed by atoms with Crippen LogP contribution < -0.4 is 10.4 Å². The summed E-state index contributed by atoms with van der Waals surface area (Å²) in [6, 6.07) is 0.206. The SMILES string of the molecule is C[C@@H]1[C@@H](C)CCC[C@H]1NC(=O)CCC(=O)[O-]. The van der Waals surface area contributed by atoms with Crippen LogP contribution in [0, 0.1) is 11.8 Å². The minimum Gasteiger partial charge on any atom is -0.550 e. The van der Waals surface area contributed by atoms with Crippen molar-refractivity contribution in [2.24, 2.45) is 11.8 Å². The minimum atomic E-state index is -1.17. The van der Waals surface area contributed by atoms with Crippen molar-refractivity contribution >= 4 is 11.9 Å². The highest BCUT2D eigenvalue weighted by Crippen LogP contribution is 2.29. The smallest absolute Gasteiger partial charge is 0.220 e. The second-order valence-electron chi connectivity index (χ2n) is 4.81. The van der Waals surface area contributed by atoms with Crippen LogP contribution in [0.25, 0.3) is 0 Å². The summed E-state index contributed by atoms with van der Waals surface area (Å²) in [6.07, 6.45) is 3.19. The van der Waals surface area contributed by atoms with E-state index in [1.165, 1.54) is 6.42 Å². The lowest BCUT2D eigenvalue weighted by Crippen LogP contribution is -2.44. The Morgan fingerprint density at radius 3 is 2.56 bits per heavy atom. The number of carboxylic acid groups (broad SMARTS) is 1. The van der Waals surface area contributed by atoms with E-state index >= 15 is 0 Å². The van der Waals surface area contributed by atoms with E-state index in [1.807, 2.05) is 0 Å². The third-order valence-corrected chi connectivity index (χ3v) is 3.61. The van der Waals surface area contributed by atoms with Crippen LogP contribution in [-0.4, -0.2) is 17.9 Å². The van der Waals surface area contributed by atoms with Gasteiger partial charge < -0.3 is 15.2 Å². The molecule has 1 amide bonds. The molecule has 0 saturated heterocycles. The number of carboxylic acids is 1. The van der Waals surface area contributed by atoms with Crippen molar-refractivity contribution in [3.05, 3.63) is 0 Å². The molecular weight excluding hydrogens is 206 g/mol. The maximum Gasteiger partial charge on any atom is 0.220 e. The summed E-state index contributed by atoms with van der Waals surface area (Å²) in [4.78, 5) is 21.7. The molecule has 1 fully saturated rings. The summed E-state index contributed by atoms with van der Waals surface area (Å²) in [5, 5.41) is 13.1. The van der Waals surface area contributed by atoms with Crippen molar-refractivity contribution in [2.45, 2.75) is 52.0 Å². The van der Waals surface area contributed by atoms with Gasteiger partial charge in [0.1, 0.15) is 0 Å². The van der Waals surface area contributed by atoms with Gasteiger partial charge in [-0.05, 0) is 24.7 Å². The zero-order valence-corrected chi connectivity index (χ0v) is 9.99. The molecule has 1 rings (SSSR count). The van der Waals surface area contributed by atoms with E-state index in [0.717, 1.165) is 12.8 Å². The summed E-state index contributed by atoms with van der Waals surface area (Å²) in [7, 11) is 0. The predicted molar refractivity (Wildman–Crippen MR) is 58.4 cm³/mol. The molecule has 4 nitrogen and oxygen atoms in total. The first-order valence-corrected chi connectivity index (χ1v) is 6.00. The van der Waals surface area contributed by atoms with E-state index in [0.29, 0.717) is 11.8 Å². The van der Waals surface area contributed by atoms with Crippen LogP contribution in [0.15, 0.2) is 0 Å². The molecule has 0 aromatic rings. The molecule has 0 bridgehead atoms. The molecule has 4 heteroatoms. The topological polar surface area (TPSA) is 69.2 Å². The summed E-state index contributed by atoms with van der Waals surface area (Å²) >= 11 is 0. The van der Waals surface area contributed by atoms with Crippen LogP contribution in [0.4, 0.5) is 0 Å². The Kier molecular flexibility index (Phi) is 4.77. The molecule has 16 heavy (non-hydrogen) atoms. The maximum atomic E-state index is 11.5. The van der Waals surface area contributed by atoms with Gasteiger partial charge in [0.15, 0.2) is 0 Å². The highest BCUT2D eigenvalue weighted by atomic mass is 16.4. The summed E-state index contributed by atoms with van der Waals surface area (Å²) in [5.41, 5.74) is 0. The van der Waals surface area contributed by atoms with E-state index in [9.17, 15) is 14.7 Å². The van der Waals surface area contributed by atoms with Gasteiger partial charge in [0.05, 0.1) is 0 Å². The average Bonchev–Trinajstić information content (AvgIpc) is 2.22. The average molecular weight is 226 g/mol. The first kappa shape index (κ1) is 13.0. The molecule has 1 N–H and O–H groups in total. The Morgan fingerprint density at radius 2 is 1.94 bits per heavy atom. The molecule has 0 unspecified atom stereocenters. The Labute approximate surface area is 96.4 Å². The molecule has 0 aliphatic heterocycles. The number of hydrogen-bond acceptors (Lipinski definition) is 3. The van der Waals surface area contributed by atoms with Crippen molar-refractivity contribution in [2.75, 3.05) is 0 Å². The van der Waals surface area contributed by atoms with Crippen LogP contribution in [-0.2, 0) is 9.59 Å². The second-order valence-corrected chi connectivity index (χ2v) is 4.81. The van der Waals surface area contributed by atoms with E-state index in [-0.39, 0.29) is 24.8 Å². The number of aliphatic carboxylic acids is 1. The Bertz CT molecular complexity index is 265. The maximum absolute atomic E-state index is 11.5. The molecule has 0 aromatic carbocycles. The highest BCUT2D eigenvalue weighted by molar-refractivity contribution is 5.80. The fourth-order valence-corrected chi connectivity index (χ4v) is 2.28. The van der Waals surface area contributed by atoms with Crippen LogP contribution in [0.2, 0.25) is 0 Å². The summed E-state index contributed by atoms with van der Waals surface area (Å²) in [6.45, 7) is 4.34. The van der Waals surface area contributed by atoms with Crippen molar-refractivity contribution in [1.29, 1.82) is 0 Å². The van der Waals surface area contributed by atoms with Gasteiger partial charge in [-0.15, -0.1) is 0 Å². The zero-order chi connectivity index (χ0) is 12.1. The van der Waals surface area contributed by atoms with Gasteiger partial charge in [0.2, 0.25) is 5.91 Å². The van der Waals surface area contributed by atoms with E-state index in [1.54, 1.807) is 0 Å². The van der Waals surface area contributed by atoms with Gasteiger partial charge in [-0.2, -0.15) is 0 Å². The molecule has 1 aliphatic rings. The highest BCUT2D eigenvalue weighted by Gasteiger charge is 2.27. The first-order valence-electron chi connectivity index (χ1n) is 6.00. The fourth-order valence-electron chi connectivity index (χ4n) is 2.28. The van der Waals surface area contributed by atoms with Gasteiger partial charge in [-0.25, -0.2) is 0 Å². The van der Waals surface area contributed by atoms with Gasteiger partial charge in [0.25, 0.3) is 0 Å². The molecule has 0 spiro atoms. The molecule has 0 aromatic heterocycles. The van der Waals surface area contributed by atoms with Crippen molar-refractivity contribution in [3.8, 4) is 0 Å². The first-order chi connectivity index (χ1) is 7.50. The van der Waals surface area contributed by atoms with Crippen LogP contribution >= 0.6 is 0 Å². The number of amides is 1. The number of carbonyl (C=O) groups excluding carboxylic acids is 2. The third kappa shape index (κ3) is 3.83. The Morgan fingerprint density at radius 1 is 1.25 bits per heavy atom. The van der Waals surface area contributed by atoms with Gasteiger partial charge in [-0.1, -0.05) is 26.7 Å². The molecule has 0 heterocycles. The lowest BCUT2D eigenvalue weighted by atomic mass is 9.78. The number of hydrogen-bond donors (Lipinski definition) is 1.